The lowest BCUT2D eigenvalue weighted by molar-refractivity contribution is -0.0448. The Morgan fingerprint density at radius 3 is 2.77 bits per heavy atom. The second kappa shape index (κ2) is 7.93. The Balaban J connectivity index is 1.62. The number of rotatable bonds is 5. The highest BCUT2D eigenvalue weighted by atomic mass is 32.2. The molecule has 0 bridgehead atoms. The molecule has 1 fully saturated rings. The Labute approximate surface area is 175 Å². The van der Waals surface area contributed by atoms with Gasteiger partial charge < -0.3 is 9.42 Å². The summed E-state index contributed by atoms with van der Waals surface area (Å²) in [5.41, 5.74) is -3.04. The molecular weight excluding hydrogens is 437 g/mol. The van der Waals surface area contributed by atoms with E-state index in [1.165, 1.54) is 29.6 Å². The number of hydrogen-bond acceptors (Lipinski definition) is 6. The SMILES string of the molecule is O=C(c1ccnc2ccc(-c3cnoc3)cc12)N1CCCC1CNS(=O)(=O)C(F)(F)F. The minimum Gasteiger partial charge on any atom is -0.364 e. The van der Waals surface area contributed by atoms with Gasteiger partial charge in [0.2, 0.25) is 0 Å². The molecule has 31 heavy (non-hydrogen) atoms. The number of halogens is 3. The summed E-state index contributed by atoms with van der Waals surface area (Å²) in [4.78, 5) is 18.9. The van der Waals surface area contributed by atoms with Crippen LogP contribution in [0.5, 0.6) is 0 Å². The molecule has 8 nitrogen and oxygen atoms in total. The quantitative estimate of drug-likeness (QED) is 0.636. The number of carbonyl (C=O) groups is 1. The highest BCUT2D eigenvalue weighted by Gasteiger charge is 2.46. The molecule has 0 spiro atoms. The van der Waals surface area contributed by atoms with Gasteiger partial charge in [0, 0.05) is 36.3 Å². The van der Waals surface area contributed by atoms with Crippen molar-refractivity contribution in [1.29, 1.82) is 0 Å². The van der Waals surface area contributed by atoms with Crippen molar-refractivity contribution < 1.29 is 30.9 Å². The van der Waals surface area contributed by atoms with Gasteiger partial charge in [-0.15, -0.1) is 0 Å². The Morgan fingerprint density at radius 2 is 2.06 bits per heavy atom. The molecule has 0 aliphatic carbocycles. The van der Waals surface area contributed by atoms with Crippen LogP contribution in [0.15, 0.2) is 47.4 Å². The zero-order valence-electron chi connectivity index (χ0n) is 16.0. The molecule has 4 rings (SSSR count). The zero-order valence-corrected chi connectivity index (χ0v) is 16.8. The van der Waals surface area contributed by atoms with E-state index in [2.05, 4.69) is 10.1 Å². The zero-order chi connectivity index (χ0) is 22.2. The average molecular weight is 454 g/mol. The summed E-state index contributed by atoms with van der Waals surface area (Å²) in [5.74, 6) is -0.399. The molecule has 1 amide bonds. The molecule has 164 valence electrons. The predicted octanol–water partition coefficient (Wildman–Crippen LogP) is 2.93. The van der Waals surface area contributed by atoms with Crippen molar-refractivity contribution in [2.24, 2.45) is 0 Å². The lowest BCUT2D eigenvalue weighted by Gasteiger charge is -2.25. The van der Waals surface area contributed by atoms with Crippen LogP contribution in [0.3, 0.4) is 0 Å². The summed E-state index contributed by atoms with van der Waals surface area (Å²) in [6.45, 7) is -0.199. The van der Waals surface area contributed by atoms with Crippen molar-refractivity contribution in [3.8, 4) is 11.1 Å². The second-order valence-corrected chi connectivity index (χ2v) is 8.85. The van der Waals surface area contributed by atoms with E-state index in [0.29, 0.717) is 41.4 Å². The fourth-order valence-corrected chi connectivity index (χ4v) is 4.19. The maximum Gasteiger partial charge on any atom is 0.511 e. The molecule has 1 atom stereocenters. The van der Waals surface area contributed by atoms with Crippen LogP contribution < -0.4 is 4.72 Å². The van der Waals surface area contributed by atoms with Gasteiger partial charge in [0.15, 0.2) is 0 Å². The van der Waals surface area contributed by atoms with Crippen molar-refractivity contribution in [1.82, 2.24) is 19.8 Å². The van der Waals surface area contributed by atoms with Crippen LogP contribution in [0.1, 0.15) is 23.2 Å². The van der Waals surface area contributed by atoms with E-state index in [9.17, 15) is 26.4 Å². The number of likely N-dealkylation sites (tertiary alicyclic amines) is 1. The fourth-order valence-electron chi connectivity index (χ4n) is 3.62. The van der Waals surface area contributed by atoms with Crippen molar-refractivity contribution in [2.45, 2.75) is 24.4 Å². The van der Waals surface area contributed by atoms with E-state index in [1.807, 2.05) is 0 Å². The first-order valence-electron chi connectivity index (χ1n) is 9.33. The van der Waals surface area contributed by atoms with Gasteiger partial charge in [-0.2, -0.15) is 13.2 Å². The number of aromatic nitrogens is 2. The Morgan fingerprint density at radius 1 is 1.26 bits per heavy atom. The standard InChI is InChI=1S/C19H17F3N4O4S/c20-19(21,22)31(28,29)25-10-14-2-1-7-26(14)18(27)15-5-6-23-17-4-3-12(8-16(15)17)13-9-24-30-11-13/h3-6,8-9,11,14,25H,1-2,7,10H2. The number of pyridine rings is 1. The summed E-state index contributed by atoms with van der Waals surface area (Å²) < 4.78 is 66.9. The molecule has 1 aliphatic rings. The van der Waals surface area contributed by atoms with Crippen LogP contribution in [-0.4, -0.2) is 54.0 Å². The molecular formula is C19H17F3N4O4S. The lowest BCUT2D eigenvalue weighted by Crippen LogP contribution is -2.46. The summed E-state index contributed by atoms with van der Waals surface area (Å²) in [7, 11) is -5.48. The highest BCUT2D eigenvalue weighted by Crippen LogP contribution is 2.28. The third kappa shape index (κ3) is 4.12. The van der Waals surface area contributed by atoms with Crippen LogP contribution in [0.4, 0.5) is 13.2 Å². The largest absolute Gasteiger partial charge is 0.511 e. The molecule has 3 heterocycles. The Bertz CT molecular complexity index is 1210. The van der Waals surface area contributed by atoms with E-state index in [-0.39, 0.29) is 0 Å². The van der Waals surface area contributed by atoms with Crippen LogP contribution in [-0.2, 0) is 10.0 Å². The smallest absolute Gasteiger partial charge is 0.364 e. The molecule has 1 saturated heterocycles. The van der Waals surface area contributed by atoms with Gasteiger partial charge >= 0.3 is 15.5 Å². The fraction of sp³-hybridized carbons (Fsp3) is 0.316. The van der Waals surface area contributed by atoms with Crippen LogP contribution in [0, 0.1) is 0 Å². The van der Waals surface area contributed by atoms with Crippen LogP contribution in [0.2, 0.25) is 0 Å². The third-order valence-electron chi connectivity index (χ3n) is 5.19. The Hall–Kier alpha value is -2.99. The van der Waals surface area contributed by atoms with Gasteiger partial charge in [0.1, 0.15) is 6.26 Å². The van der Waals surface area contributed by atoms with E-state index in [4.69, 9.17) is 4.52 Å². The number of benzene rings is 1. The van der Waals surface area contributed by atoms with Gasteiger partial charge in [-0.3, -0.25) is 9.78 Å². The Kier molecular flexibility index (Phi) is 5.43. The van der Waals surface area contributed by atoms with Crippen molar-refractivity contribution >= 4 is 26.8 Å². The summed E-state index contributed by atoms with van der Waals surface area (Å²) in [6, 6.07) is 6.17. The topological polar surface area (TPSA) is 105 Å². The van der Waals surface area contributed by atoms with Gasteiger partial charge in [0.05, 0.1) is 17.3 Å². The lowest BCUT2D eigenvalue weighted by atomic mass is 10.0. The van der Waals surface area contributed by atoms with E-state index >= 15 is 0 Å². The summed E-state index contributed by atoms with van der Waals surface area (Å²) >= 11 is 0. The van der Waals surface area contributed by atoms with Crippen LogP contribution >= 0.6 is 0 Å². The number of fused-ring (bicyclic) bond motifs is 1. The number of amides is 1. The van der Waals surface area contributed by atoms with Crippen molar-refractivity contribution in [2.75, 3.05) is 13.1 Å². The normalized spacial score (nSPS) is 17.4. The molecule has 3 aromatic rings. The predicted molar refractivity (Wildman–Crippen MR) is 104 cm³/mol. The molecule has 1 unspecified atom stereocenters. The molecule has 1 aromatic carbocycles. The number of sulfonamides is 1. The number of hydrogen-bond donors (Lipinski definition) is 1. The average Bonchev–Trinajstić information content (AvgIpc) is 3.42. The number of alkyl halides is 3. The molecule has 0 radical (unpaired) electrons. The van der Waals surface area contributed by atoms with Crippen LogP contribution in [0.25, 0.3) is 22.0 Å². The van der Waals surface area contributed by atoms with Gasteiger partial charge in [-0.05, 0) is 36.6 Å². The maximum absolute atomic E-state index is 13.3. The number of nitrogens with one attached hydrogen (secondary N) is 1. The van der Waals surface area contributed by atoms with Crippen molar-refractivity contribution in [3.63, 3.8) is 0 Å². The first-order valence-corrected chi connectivity index (χ1v) is 10.8. The molecule has 12 heteroatoms. The van der Waals surface area contributed by atoms with E-state index in [1.54, 1.807) is 22.9 Å². The molecule has 1 N–H and O–H groups in total. The highest BCUT2D eigenvalue weighted by molar-refractivity contribution is 7.90. The second-order valence-electron chi connectivity index (χ2n) is 7.10. The third-order valence-corrected chi connectivity index (χ3v) is 6.35. The molecule has 1 aliphatic heterocycles. The minimum atomic E-state index is -5.48. The van der Waals surface area contributed by atoms with Crippen molar-refractivity contribution in [3.05, 3.63) is 48.5 Å². The van der Waals surface area contributed by atoms with Gasteiger partial charge in [-0.1, -0.05) is 11.2 Å². The molecule has 2 aromatic heterocycles. The summed E-state index contributed by atoms with van der Waals surface area (Å²) in [6.07, 6.45) is 5.41. The van der Waals surface area contributed by atoms with E-state index in [0.717, 1.165) is 5.56 Å². The molecule has 0 saturated carbocycles. The summed E-state index contributed by atoms with van der Waals surface area (Å²) in [5, 5.41) is 4.23. The number of carbonyl (C=O) groups excluding carboxylic acids is 1. The first kappa shape index (κ1) is 21.2. The minimum absolute atomic E-state index is 0.312. The number of nitrogens with zero attached hydrogens (tertiary/aromatic N) is 3. The first-order chi connectivity index (χ1) is 14.7. The van der Waals surface area contributed by atoms with Gasteiger partial charge in [-0.25, -0.2) is 13.1 Å². The van der Waals surface area contributed by atoms with Gasteiger partial charge in [0.25, 0.3) is 5.91 Å². The monoisotopic (exact) mass is 454 g/mol. The maximum atomic E-state index is 13.3. The van der Waals surface area contributed by atoms with E-state index < -0.39 is 34.0 Å².